The molecule has 7 nitrogen and oxygen atoms in total. The highest BCUT2D eigenvalue weighted by atomic mass is 16.5. The van der Waals surface area contributed by atoms with Gasteiger partial charge in [-0.05, 0) is 61.6 Å². The van der Waals surface area contributed by atoms with Gasteiger partial charge in [-0.25, -0.2) is 0 Å². The topological polar surface area (TPSA) is 83.1 Å². The van der Waals surface area contributed by atoms with Gasteiger partial charge in [0, 0.05) is 30.0 Å². The minimum absolute atomic E-state index is 0.0486. The van der Waals surface area contributed by atoms with E-state index in [0.717, 1.165) is 16.9 Å². The number of carbonyl (C=O) groups is 2. The molecule has 0 fully saturated rings. The van der Waals surface area contributed by atoms with Crippen LogP contribution in [0.5, 0.6) is 23.0 Å². The number of Topliss-reactive ketones (excluding diaryl/α,β-unsaturated/α-hetero) is 1. The van der Waals surface area contributed by atoms with Crippen molar-refractivity contribution in [2.24, 2.45) is 0 Å². The van der Waals surface area contributed by atoms with Crippen LogP contribution in [0.4, 0.5) is 0 Å². The normalized spacial score (nSPS) is 20.1. The minimum Gasteiger partial charge on any atom is -0.493 e. The van der Waals surface area contributed by atoms with Crippen LogP contribution in [0.1, 0.15) is 56.1 Å². The van der Waals surface area contributed by atoms with E-state index in [4.69, 9.17) is 18.9 Å². The molecule has 0 saturated carbocycles. The highest BCUT2D eigenvalue weighted by molar-refractivity contribution is 6.02. The van der Waals surface area contributed by atoms with Gasteiger partial charge in [-0.3, -0.25) is 9.59 Å². The highest BCUT2D eigenvalue weighted by Crippen LogP contribution is 2.46. The number of hydrogen-bond acceptors (Lipinski definition) is 6. The number of rotatable bonds is 7. The van der Waals surface area contributed by atoms with Crippen molar-refractivity contribution in [2.45, 2.75) is 51.0 Å². The molecule has 2 aromatic rings. The van der Waals surface area contributed by atoms with Gasteiger partial charge in [-0.2, -0.15) is 0 Å². The van der Waals surface area contributed by atoms with Gasteiger partial charge in [0.05, 0.1) is 27.4 Å². The lowest BCUT2D eigenvalue weighted by Crippen LogP contribution is -2.38. The number of methoxy groups -OCH3 is 3. The Morgan fingerprint density at radius 1 is 0.853 bits per heavy atom. The van der Waals surface area contributed by atoms with Crippen molar-refractivity contribution in [1.29, 1.82) is 0 Å². The number of ketones is 1. The molecule has 2 atom stereocenters. The van der Waals surface area contributed by atoms with Crippen LogP contribution in [0.15, 0.2) is 47.7 Å². The lowest BCUT2D eigenvalue weighted by molar-refractivity contribution is -0.122. The molecule has 34 heavy (non-hydrogen) atoms. The predicted octanol–water partition coefficient (Wildman–Crippen LogP) is 4.50. The van der Waals surface area contributed by atoms with E-state index in [1.165, 1.54) is 0 Å². The van der Waals surface area contributed by atoms with Gasteiger partial charge in [-0.15, -0.1) is 0 Å². The van der Waals surface area contributed by atoms with Crippen molar-refractivity contribution in [3.63, 3.8) is 0 Å². The molecule has 0 unspecified atom stereocenters. The zero-order valence-electron chi connectivity index (χ0n) is 20.3. The molecule has 7 heteroatoms. The van der Waals surface area contributed by atoms with Gasteiger partial charge >= 0.3 is 0 Å². The van der Waals surface area contributed by atoms with Crippen molar-refractivity contribution < 1.29 is 28.5 Å². The number of amides is 1. The summed E-state index contributed by atoms with van der Waals surface area (Å²) in [6.07, 6.45) is 1.23. The van der Waals surface area contributed by atoms with Crippen molar-refractivity contribution >= 4 is 11.7 Å². The monoisotopic (exact) mass is 465 g/mol. The van der Waals surface area contributed by atoms with Crippen LogP contribution < -0.4 is 24.3 Å². The number of carbonyl (C=O) groups excluding carboxylic acids is 2. The van der Waals surface area contributed by atoms with Crippen LogP contribution in [0, 0.1) is 0 Å². The molecule has 0 spiro atoms. The Balaban J connectivity index is 1.67. The van der Waals surface area contributed by atoms with Gasteiger partial charge < -0.3 is 24.3 Å². The zero-order chi connectivity index (χ0) is 24.4. The third-order valence-electron chi connectivity index (χ3n) is 6.35. The molecule has 1 N–H and O–H groups in total. The second kappa shape index (κ2) is 9.79. The molecule has 0 saturated heterocycles. The van der Waals surface area contributed by atoms with Crippen LogP contribution in [-0.2, 0) is 9.59 Å². The van der Waals surface area contributed by atoms with E-state index in [1.54, 1.807) is 21.3 Å². The summed E-state index contributed by atoms with van der Waals surface area (Å²) in [5.41, 5.74) is 3.26. The standard InChI is InChI=1S/C27H31NO6/c1-15(2)34-19-8-6-16(7-9-19)20-14-25(30)28-21-10-17(11-22(29)26(20)21)18-12-23(31-3)27(33-5)24(13-18)32-4/h6-9,12-13,15,17,20H,10-11,14H2,1-5H3,(H,28,30)/t17-,20-/m0/s1. The summed E-state index contributed by atoms with van der Waals surface area (Å²) >= 11 is 0. The predicted molar refractivity (Wildman–Crippen MR) is 128 cm³/mol. The molecule has 1 aliphatic heterocycles. The number of benzene rings is 2. The first-order valence-electron chi connectivity index (χ1n) is 11.5. The van der Waals surface area contributed by atoms with Gasteiger partial charge in [0.15, 0.2) is 17.3 Å². The Morgan fingerprint density at radius 3 is 2.06 bits per heavy atom. The Bertz CT molecular complexity index is 1090. The number of nitrogens with one attached hydrogen (secondary N) is 1. The lowest BCUT2D eigenvalue weighted by atomic mass is 9.73. The van der Waals surface area contributed by atoms with Crippen molar-refractivity contribution in [1.82, 2.24) is 5.32 Å². The summed E-state index contributed by atoms with van der Waals surface area (Å²) in [5.74, 6) is 1.96. The van der Waals surface area contributed by atoms with Crippen LogP contribution >= 0.6 is 0 Å². The molecule has 0 aromatic heterocycles. The maximum Gasteiger partial charge on any atom is 0.225 e. The van der Waals surface area contributed by atoms with Crippen molar-refractivity contribution in [3.05, 3.63) is 58.8 Å². The van der Waals surface area contributed by atoms with E-state index in [9.17, 15) is 9.59 Å². The van der Waals surface area contributed by atoms with Crippen LogP contribution in [0.3, 0.4) is 0 Å². The van der Waals surface area contributed by atoms with E-state index >= 15 is 0 Å². The van der Waals surface area contributed by atoms with E-state index in [2.05, 4.69) is 5.32 Å². The average molecular weight is 466 g/mol. The minimum atomic E-state index is -0.259. The fourth-order valence-corrected chi connectivity index (χ4v) is 4.87. The average Bonchev–Trinajstić information content (AvgIpc) is 2.82. The van der Waals surface area contributed by atoms with Crippen LogP contribution in [-0.4, -0.2) is 39.1 Å². The molecule has 180 valence electrons. The number of hydrogen-bond donors (Lipinski definition) is 1. The fraction of sp³-hybridized carbons (Fsp3) is 0.407. The van der Waals surface area contributed by atoms with E-state index in [-0.39, 0.29) is 36.1 Å². The fourth-order valence-electron chi connectivity index (χ4n) is 4.87. The van der Waals surface area contributed by atoms with Gasteiger partial charge in [-0.1, -0.05) is 12.1 Å². The Labute approximate surface area is 200 Å². The first kappa shape index (κ1) is 23.7. The molecule has 0 radical (unpaired) electrons. The maximum absolute atomic E-state index is 13.4. The van der Waals surface area contributed by atoms with E-state index in [0.29, 0.717) is 41.4 Å². The summed E-state index contributed by atoms with van der Waals surface area (Å²) in [6, 6.07) is 11.4. The summed E-state index contributed by atoms with van der Waals surface area (Å²) in [7, 11) is 4.69. The summed E-state index contributed by atoms with van der Waals surface area (Å²) in [6.45, 7) is 3.95. The largest absolute Gasteiger partial charge is 0.493 e. The first-order chi connectivity index (χ1) is 16.3. The third-order valence-corrected chi connectivity index (χ3v) is 6.35. The third kappa shape index (κ3) is 4.60. The first-order valence-corrected chi connectivity index (χ1v) is 11.5. The number of allylic oxidation sites excluding steroid dienone is 2. The van der Waals surface area contributed by atoms with Gasteiger partial charge in [0.1, 0.15) is 5.75 Å². The SMILES string of the molecule is COc1cc([C@@H]2CC(=O)C3=C(C2)NC(=O)C[C@H]3c2ccc(OC(C)C)cc2)cc(OC)c1OC. The second-order valence-electron chi connectivity index (χ2n) is 8.92. The van der Waals surface area contributed by atoms with Crippen molar-refractivity contribution in [3.8, 4) is 23.0 Å². The lowest BCUT2D eigenvalue weighted by Gasteiger charge is -2.34. The molecular formula is C27H31NO6. The zero-order valence-corrected chi connectivity index (χ0v) is 20.3. The Morgan fingerprint density at radius 2 is 1.50 bits per heavy atom. The molecule has 4 rings (SSSR count). The summed E-state index contributed by atoms with van der Waals surface area (Å²) < 4.78 is 22.1. The number of ether oxygens (including phenoxy) is 4. The summed E-state index contributed by atoms with van der Waals surface area (Å²) in [4.78, 5) is 26.0. The summed E-state index contributed by atoms with van der Waals surface area (Å²) in [5, 5.41) is 2.97. The molecule has 2 aromatic carbocycles. The quantitative estimate of drug-likeness (QED) is 0.648. The molecule has 1 aliphatic carbocycles. The highest BCUT2D eigenvalue weighted by Gasteiger charge is 2.38. The van der Waals surface area contributed by atoms with Crippen LogP contribution in [0.25, 0.3) is 0 Å². The smallest absolute Gasteiger partial charge is 0.225 e. The molecular weight excluding hydrogens is 434 g/mol. The Hall–Kier alpha value is -3.48. The van der Waals surface area contributed by atoms with E-state index in [1.807, 2.05) is 50.2 Å². The van der Waals surface area contributed by atoms with Gasteiger partial charge in [0.2, 0.25) is 11.7 Å². The Kier molecular flexibility index (Phi) is 6.82. The molecule has 2 aliphatic rings. The van der Waals surface area contributed by atoms with E-state index < -0.39 is 0 Å². The second-order valence-corrected chi connectivity index (χ2v) is 8.92. The van der Waals surface area contributed by atoms with Crippen molar-refractivity contribution in [2.75, 3.05) is 21.3 Å². The molecule has 1 heterocycles. The van der Waals surface area contributed by atoms with Gasteiger partial charge in [0.25, 0.3) is 0 Å². The molecule has 1 amide bonds. The van der Waals surface area contributed by atoms with Crippen LogP contribution in [0.2, 0.25) is 0 Å². The molecule has 0 bridgehead atoms. The maximum atomic E-state index is 13.4.